The standard InChI is InChI=1S/C9H10.C4H9NO/c1-3-9-6-4-5-8(2)7-9;1-3-5-4(2)6/h3-7H,1H2,2H3;3H2,1-2H3,(H,5,6). The van der Waals surface area contributed by atoms with E-state index in [0.717, 1.165) is 6.54 Å². The maximum absolute atomic E-state index is 9.93. The minimum Gasteiger partial charge on any atom is -0.357 e. The number of carbonyl (C=O) groups is 1. The van der Waals surface area contributed by atoms with Gasteiger partial charge in [0.15, 0.2) is 0 Å². The molecule has 0 aliphatic rings. The van der Waals surface area contributed by atoms with E-state index in [0.29, 0.717) is 0 Å². The zero-order valence-corrected chi connectivity index (χ0v) is 9.71. The number of hydrogen-bond donors (Lipinski definition) is 1. The summed E-state index contributed by atoms with van der Waals surface area (Å²) in [5.74, 6) is 0.0394. The van der Waals surface area contributed by atoms with Gasteiger partial charge < -0.3 is 5.32 Å². The quantitative estimate of drug-likeness (QED) is 0.790. The fourth-order valence-electron chi connectivity index (χ4n) is 1.05. The van der Waals surface area contributed by atoms with Crippen molar-refractivity contribution < 1.29 is 4.79 Å². The summed E-state index contributed by atoms with van der Waals surface area (Å²) in [7, 11) is 0. The summed E-state index contributed by atoms with van der Waals surface area (Å²) in [6, 6.07) is 8.26. The molecule has 1 aromatic rings. The van der Waals surface area contributed by atoms with E-state index in [1.807, 2.05) is 25.1 Å². The fourth-order valence-corrected chi connectivity index (χ4v) is 1.05. The third-order valence-corrected chi connectivity index (χ3v) is 1.70. The van der Waals surface area contributed by atoms with Crippen molar-refractivity contribution in [2.45, 2.75) is 20.8 Å². The molecule has 2 nitrogen and oxygen atoms in total. The molecule has 0 saturated carbocycles. The molecule has 2 heteroatoms. The van der Waals surface area contributed by atoms with Crippen LogP contribution in [0.2, 0.25) is 0 Å². The van der Waals surface area contributed by atoms with Crippen LogP contribution in [0, 0.1) is 6.92 Å². The molecule has 1 aromatic carbocycles. The maximum Gasteiger partial charge on any atom is 0.216 e. The zero-order valence-electron chi connectivity index (χ0n) is 9.71. The number of hydrogen-bond acceptors (Lipinski definition) is 1. The Morgan fingerprint density at radius 2 is 2.20 bits per heavy atom. The Kier molecular flexibility index (Phi) is 6.98. The van der Waals surface area contributed by atoms with Crippen molar-refractivity contribution in [1.82, 2.24) is 5.32 Å². The summed E-state index contributed by atoms with van der Waals surface area (Å²) >= 11 is 0. The van der Waals surface area contributed by atoms with Crippen LogP contribution in [-0.4, -0.2) is 12.5 Å². The summed E-state index contributed by atoms with van der Waals surface area (Å²) < 4.78 is 0. The molecule has 82 valence electrons. The Morgan fingerprint density at radius 3 is 2.47 bits per heavy atom. The minimum absolute atomic E-state index is 0.0394. The van der Waals surface area contributed by atoms with Gasteiger partial charge in [-0.3, -0.25) is 4.79 Å². The highest BCUT2D eigenvalue weighted by atomic mass is 16.1. The topological polar surface area (TPSA) is 29.1 Å². The molecule has 0 aliphatic heterocycles. The summed E-state index contributed by atoms with van der Waals surface area (Å²) in [5, 5.41) is 2.57. The highest BCUT2D eigenvalue weighted by Gasteiger charge is 1.83. The summed E-state index contributed by atoms with van der Waals surface area (Å²) in [6.07, 6.45) is 1.85. The second kappa shape index (κ2) is 7.80. The summed E-state index contributed by atoms with van der Waals surface area (Å²) in [4.78, 5) is 9.93. The molecule has 0 fully saturated rings. The molecule has 0 spiro atoms. The average molecular weight is 205 g/mol. The van der Waals surface area contributed by atoms with Crippen LogP contribution in [0.15, 0.2) is 30.8 Å². The lowest BCUT2D eigenvalue weighted by Crippen LogP contribution is -2.18. The van der Waals surface area contributed by atoms with Crippen LogP contribution in [0.25, 0.3) is 6.08 Å². The Bertz CT molecular complexity index is 318. The van der Waals surface area contributed by atoms with Gasteiger partial charge in [0.2, 0.25) is 5.91 Å². The Morgan fingerprint density at radius 1 is 1.53 bits per heavy atom. The minimum atomic E-state index is 0.0394. The molecule has 1 amide bonds. The van der Waals surface area contributed by atoms with Crippen molar-refractivity contribution in [1.29, 1.82) is 0 Å². The van der Waals surface area contributed by atoms with Gasteiger partial charge in [0.05, 0.1) is 0 Å². The van der Waals surface area contributed by atoms with Crippen molar-refractivity contribution in [3.8, 4) is 0 Å². The van der Waals surface area contributed by atoms with Crippen molar-refractivity contribution in [2.75, 3.05) is 6.54 Å². The number of rotatable bonds is 2. The van der Waals surface area contributed by atoms with Crippen molar-refractivity contribution >= 4 is 12.0 Å². The second-order valence-corrected chi connectivity index (χ2v) is 3.20. The van der Waals surface area contributed by atoms with Crippen molar-refractivity contribution in [3.05, 3.63) is 42.0 Å². The number of amides is 1. The molecule has 1 rings (SSSR count). The van der Waals surface area contributed by atoms with E-state index in [2.05, 4.69) is 31.0 Å². The van der Waals surface area contributed by atoms with E-state index < -0.39 is 0 Å². The first-order valence-corrected chi connectivity index (χ1v) is 5.03. The van der Waals surface area contributed by atoms with Crippen LogP contribution in [0.3, 0.4) is 0 Å². The lowest BCUT2D eigenvalue weighted by atomic mass is 10.1. The van der Waals surface area contributed by atoms with Crippen molar-refractivity contribution in [2.24, 2.45) is 0 Å². The Balaban J connectivity index is 0.000000288. The lowest BCUT2D eigenvalue weighted by molar-refractivity contribution is -0.118. The number of carbonyl (C=O) groups excluding carboxylic acids is 1. The first-order valence-electron chi connectivity index (χ1n) is 5.03. The third kappa shape index (κ3) is 7.50. The zero-order chi connectivity index (χ0) is 11.7. The molecule has 0 radical (unpaired) electrons. The van der Waals surface area contributed by atoms with Crippen LogP contribution >= 0.6 is 0 Å². The van der Waals surface area contributed by atoms with Crippen LogP contribution in [-0.2, 0) is 4.79 Å². The number of aryl methyl sites for hydroxylation is 1. The molecule has 0 aliphatic carbocycles. The Hall–Kier alpha value is -1.57. The normalized spacial score (nSPS) is 8.47. The van der Waals surface area contributed by atoms with Crippen molar-refractivity contribution in [3.63, 3.8) is 0 Å². The van der Waals surface area contributed by atoms with Crippen LogP contribution in [0.5, 0.6) is 0 Å². The first kappa shape index (κ1) is 13.4. The number of benzene rings is 1. The molecule has 0 unspecified atom stereocenters. The summed E-state index contributed by atoms with van der Waals surface area (Å²) in [6.45, 7) is 9.87. The highest BCUT2D eigenvalue weighted by Crippen LogP contribution is 2.03. The van der Waals surface area contributed by atoms with Gasteiger partial charge in [0.1, 0.15) is 0 Å². The van der Waals surface area contributed by atoms with E-state index in [1.54, 1.807) is 0 Å². The largest absolute Gasteiger partial charge is 0.357 e. The van der Waals surface area contributed by atoms with Gasteiger partial charge >= 0.3 is 0 Å². The molecule has 0 bridgehead atoms. The van der Waals surface area contributed by atoms with Gasteiger partial charge in [-0.1, -0.05) is 42.5 Å². The highest BCUT2D eigenvalue weighted by molar-refractivity contribution is 5.72. The van der Waals surface area contributed by atoms with Crippen LogP contribution in [0.4, 0.5) is 0 Å². The predicted molar refractivity (Wildman–Crippen MR) is 65.6 cm³/mol. The smallest absolute Gasteiger partial charge is 0.216 e. The van der Waals surface area contributed by atoms with Crippen LogP contribution < -0.4 is 5.32 Å². The lowest BCUT2D eigenvalue weighted by Gasteiger charge is -1.92. The van der Waals surface area contributed by atoms with Gasteiger partial charge in [0, 0.05) is 13.5 Å². The van der Waals surface area contributed by atoms with E-state index in [-0.39, 0.29) is 5.91 Å². The van der Waals surface area contributed by atoms with Gasteiger partial charge in [-0.15, -0.1) is 0 Å². The maximum atomic E-state index is 9.93. The molecule has 15 heavy (non-hydrogen) atoms. The average Bonchev–Trinajstić information content (AvgIpc) is 2.18. The van der Waals surface area contributed by atoms with Crippen LogP contribution in [0.1, 0.15) is 25.0 Å². The summed E-state index contributed by atoms with van der Waals surface area (Å²) in [5.41, 5.74) is 2.47. The number of nitrogens with one attached hydrogen (secondary N) is 1. The fraction of sp³-hybridized carbons (Fsp3) is 0.308. The first-order chi connectivity index (χ1) is 7.10. The predicted octanol–water partition coefficient (Wildman–Crippen LogP) is 2.78. The van der Waals surface area contributed by atoms with E-state index in [1.165, 1.54) is 18.1 Å². The van der Waals surface area contributed by atoms with Gasteiger partial charge in [-0.2, -0.15) is 0 Å². The van der Waals surface area contributed by atoms with Gasteiger partial charge in [-0.05, 0) is 19.4 Å². The molecule has 0 aromatic heterocycles. The molecule has 0 saturated heterocycles. The Labute approximate surface area is 92.0 Å². The molecular weight excluding hydrogens is 186 g/mol. The van der Waals surface area contributed by atoms with E-state index in [4.69, 9.17) is 0 Å². The van der Waals surface area contributed by atoms with E-state index >= 15 is 0 Å². The molecule has 0 atom stereocenters. The SMILES string of the molecule is C=Cc1cccc(C)c1.CCNC(C)=O. The van der Waals surface area contributed by atoms with Gasteiger partial charge in [0.25, 0.3) is 0 Å². The van der Waals surface area contributed by atoms with Gasteiger partial charge in [-0.25, -0.2) is 0 Å². The third-order valence-electron chi connectivity index (χ3n) is 1.70. The second-order valence-electron chi connectivity index (χ2n) is 3.20. The molecular formula is C13H19NO. The van der Waals surface area contributed by atoms with E-state index in [9.17, 15) is 4.79 Å². The monoisotopic (exact) mass is 205 g/mol. The molecule has 0 heterocycles. The molecule has 1 N–H and O–H groups in total.